The zero-order valence-corrected chi connectivity index (χ0v) is 19.6. The van der Waals surface area contributed by atoms with Crippen LogP contribution in [0.3, 0.4) is 0 Å². The van der Waals surface area contributed by atoms with E-state index in [4.69, 9.17) is 4.74 Å². The van der Waals surface area contributed by atoms with Crippen LogP contribution >= 0.6 is 0 Å². The molecule has 0 amide bonds. The molecule has 2 saturated heterocycles. The van der Waals surface area contributed by atoms with Crippen molar-refractivity contribution < 1.29 is 27.8 Å². The summed E-state index contributed by atoms with van der Waals surface area (Å²) in [6, 6.07) is 4.03. The van der Waals surface area contributed by atoms with Gasteiger partial charge >= 0.3 is 12.1 Å². The van der Waals surface area contributed by atoms with Crippen molar-refractivity contribution in [2.45, 2.75) is 57.5 Å². The lowest BCUT2D eigenvalue weighted by Crippen LogP contribution is -2.45. The van der Waals surface area contributed by atoms with Crippen molar-refractivity contribution >= 4 is 16.9 Å². The van der Waals surface area contributed by atoms with Crippen LogP contribution in [-0.4, -0.2) is 53.8 Å². The van der Waals surface area contributed by atoms with Crippen molar-refractivity contribution in [2.75, 3.05) is 32.8 Å². The molecule has 0 saturated carbocycles. The number of hydrogen-bond acceptors (Lipinski definition) is 3. The Morgan fingerprint density at radius 1 is 1.29 bits per heavy atom. The van der Waals surface area contributed by atoms with Crippen molar-refractivity contribution in [3.05, 3.63) is 35.0 Å². The minimum absolute atomic E-state index is 0.176. The highest BCUT2D eigenvalue weighted by Gasteiger charge is 2.42. The zero-order chi connectivity index (χ0) is 24.1. The second-order valence-corrected chi connectivity index (χ2v) is 10.6. The molecule has 186 valence electrons. The number of rotatable bonds is 5. The van der Waals surface area contributed by atoms with Gasteiger partial charge < -0.3 is 19.7 Å². The first-order chi connectivity index (χ1) is 16.2. The summed E-state index contributed by atoms with van der Waals surface area (Å²) in [7, 11) is 0. The Morgan fingerprint density at radius 3 is 2.76 bits per heavy atom. The normalized spacial score (nSPS) is 27.4. The van der Waals surface area contributed by atoms with Crippen LogP contribution in [0, 0.1) is 17.3 Å². The Morgan fingerprint density at radius 2 is 2.06 bits per heavy atom. The summed E-state index contributed by atoms with van der Waals surface area (Å²) >= 11 is 0. The van der Waals surface area contributed by atoms with E-state index in [1.54, 1.807) is 6.07 Å². The predicted octanol–water partition coefficient (Wildman–Crippen LogP) is 5.45. The molecule has 2 N–H and O–H groups in total. The molecule has 5 nitrogen and oxygen atoms in total. The summed E-state index contributed by atoms with van der Waals surface area (Å²) < 4.78 is 45.4. The fourth-order valence-electron chi connectivity index (χ4n) is 6.70. The molecule has 2 fully saturated rings. The number of nitrogens with zero attached hydrogens (tertiary/aromatic N) is 1. The number of alkyl halides is 3. The van der Waals surface area contributed by atoms with Crippen LogP contribution in [-0.2, 0) is 22.1 Å². The fraction of sp³-hybridized carbons (Fsp3) is 0.654. The lowest BCUT2D eigenvalue weighted by molar-refractivity contribution is -0.155. The van der Waals surface area contributed by atoms with E-state index in [1.165, 1.54) is 6.07 Å². The summed E-state index contributed by atoms with van der Waals surface area (Å²) in [5, 5.41) is 10.5. The van der Waals surface area contributed by atoms with Crippen molar-refractivity contribution in [1.82, 2.24) is 9.88 Å². The van der Waals surface area contributed by atoms with E-state index in [0.717, 1.165) is 61.7 Å². The lowest BCUT2D eigenvalue weighted by Gasteiger charge is -2.45. The second-order valence-electron chi connectivity index (χ2n) is 10.6. The molecule has 1 aliphatic carbocycles. The molecule has 1 aromatic heterocycles. The maximum atomic E-state index is 13.3. The number of likely N-dealkylation sites (tertiary alicyclic amines) is 1. The Hall–Kier alpha value is -2.06. The third-order valence-corrected chi connectivity index (χ3v) is 8.74. The second kappa shape index (κ2) is 8.86. The topological polar surface area (TPSA) is 65.6 Å². The smallest absolute Gasteiger partial charge is 0.416 e. The number of aliphatic carboxylic acids is 1. The number of hydrogen-bond donors (Lipinski definition) is 2. The summed E-state index contributed by atoms with van der Waals surface area (Å²) in [4.78, 5) is 17.8. The van der Waals surface area contributed by atoms with Gasteiger partial charge in [0.2, 0.25) is 0 Å². The molecule has 0 radical (unpaired) electrons. The SMILES string of the molecule is C[C@H]1c2c([nH]c3ccc(C(F)(F)F)cc23)C[C@H]2CCN(CCCC3(C(=O)O)CCOCC3)C[C@@H]21. The number of carbonyl (C=O) groups is 1. The lowest BCUT2D eigenvalue weighted by atomic mass is 9.68. The number of aromatic amines is 1. The van der Waals surface area contributed by atoms with Gasteiger partial charge in [0, 0.05) is 36.4 Å². The zero-order valence-electron chi connectivity index (χ0n) is 19.6. The molecule has 8 heteroatoms. The maximum absolute atomic E-state index is 13.3. The molecule has 3 atom stereocenters. The Kier molecular flexibility index (Phi) is 6.17. The van der Waals surface area contributed by atoms with Gasteiger partial charge in [-0.3, -0.25) is 4.79 Å². The van der Waals surface area contributed by atoms with E-state index in [1.807, 2.05) is 0 Å². The third-order valence-electron chi connectivity index (χ3n) is 8.74. The number of fused-ring (bicyclic) bond motifs is 4. The molecular weight excluding hydrogens is 445 g/mol. The molecule has 0 unspecified atom stereocenters. The van der Waals surface area contributed by atoms with E-state index >= 15 is 0 Å². The molecule has 34 heavy (non-hydrogen) atoms. The molecule has 3 aliphatic rings. The first-order valence-electron chi connectivity index (χ1n) is 12.4. The Balaban J connectivity index is 1.29. The van der Waals surface area contributed by atoms with E-state index in [9.17, 15) is 23.1 Å². The summed E-state index contributed by atoms with van der Waals surface area (Å²) in [5.41, 5.74) is 1.68. The predicted molar refractivity (Wildman–Crippen MR) is 123 cm³/mol. The van der Waals surface area contributed by atoms with Gasteiger partial charge in [-0.15, -0.1) is 0 Å². The van der Waals surface area contributed by atoms with Crippen molar-refractivity contribution in [2.24, 2.45) is 17.3 Å². The van der Waals surface area contributed by atoms with Gasteiger partial charge in [-0.05, 0) is 93.1 Å². The number of aromatic nitrogens is 1. The van der Waals surface area contributed by atoms with Crippen LogP contribution in [0.1, 0.15) is 61.8 Å². The standard InChI is InChI=1S/C26H33F3N2O3/c1-16-20-15-31(9-2-6-25(24(32)33)7-11-34-12-8-25)10-5-17(20)13-22-23(16)19-14-18(26(27,28)29)3-4-21(19)30-22/h3-4,14,16-17,20,30H,2,5-13,15H2,1H3,(H,32,33)/t16-,17-,20-/m1/s1. The Bertz CT molecular complexity index is 1060. The monoisotopic (exact) mass is 478 g/mol. The van der Waals surface area contributed by atoms with E-state index < -0.39 is 23.1 Å². The first kappa shape index (κ1) is 23.7. The van der Waals surface area contributed by atoms with Gasteiger partial charge in [0.25, 0.3) is 0 Å². The third kappa shape index (κ3) is 4.24. The molecule has 3 heterocycles. The molecule has 0 spiro atoms. The van der Waals surface area contributed by atoms with Crippen LogP contribution in [0.5, 0.6) is 0 Å². The molecule has 2 aliphatic heterocycles. The minimum Gasteiger partial charge on any atom is -0.481 e. The van der Waals surface area contributed by atoms with E-state index in [0.29, 0.717) is 49.7 Å². The highest BCUT2D eigenvalue weighted by Crippen LogP contribution is 2.47. The largest absolute Gasteiger partial charge is 0.481 e. The summed E-state index contributed by atoms with van der Waals surface area (Å²) in [6.07, 6.45) is 0.259. The van der Waals surface area contributed by atoms with Crippen molar-refractivity contribution in [3.8, 4) is 0 Å². The quantitative estimate of drug-likeness (QED) is 0.600. The number of nitrogens with one attached hydrogen (secondary N) is 1. The van der Waals surface area contributed by atoms with Crippen LogP contribution in [0.15, 0.2) is 18.2 Å². The number of benzene rings is 1. The number of piperidine rings is 1. The van der Waals surface area contributed by atoms with Gasteiger partial charge in [0.15, 0.2) is 0 Å². The molecule has 5 rings (SSSR count). The van der Waals surface area contributed by atoms with Crippen LogP contribution in [0.4, 0.5) is 13.2 Å². The number of carboxylic acid groups (broad SMARTS) is 1. The first-order valence-corrected chi connectivity index (χ1v) is 12.4. The van der Waals surface area contributed by atoms with Crippen molar-refractivity contribution in [3.63, 3.8) is 0 Å². The summed E-state index contributed by atoms with van der Waals surface area (Å²) in [6.45, 7) is 5.96. The van der Waals surface area contributed by atoms with Gasteiger partial charge in [0.1, 0.15) is 0 Å². The maximum Gasteiger partial charge on any atom is 0.416 e. The number of carboxylic acids is 1. The molecule has 2 aromatic rings. The van der Waals surface area contributed by atoms with Gasteiger partial charge in [-0.1, -0.05) is 6.92 Å². The fourth-order valence-corrected chi connectivity index (χ4v) is 6.70. The number of halogens is 3. The van der Waals surface area contributed by atoms with Gasteiger partial charge in [0.05, 0.1) is 11.0 Å². The van der Waals surface area contributed by atoms with Crippen LogP contribution in [0.25, 0.3) is 10.9 Å². The molecular formula is C26H33F3N2O3. The van der Waals surface area contributed by atoms with E-state index in [2.05, 4.69) is 16.8 Å². The number of H-pyrrole nitrogens is 1. The Labute approximate surface area is 197 Å². The van der Waals surface area contributed by atoms with Crippen LogP contribution in [0.2, 0.25) is 0 Å². The highest BCUT2D eigenvalue weighted by molar-refractivity contribution is 5.86. The average Bonchev–Trinajstić information content (AvgIpc) is 3.17. The highest BCUT2D eigenvalue weighted by atomic mass is 19.4. The molecule has 1 aromatic carbocycles. The van der Waals surface area contributed by atoms with E-state index in [-0.39, 0.29) is 5.92 Å². The van der Waals surface area contributed by atoms with Gasteiger partial charge in [-0.2, -0.15) is 13.2 Å². The minimum atomic E-state index is -4.35. The van der Waals surface area contributed by atoms with Crippen LogP contribution < -0.4 is 0 Å². The van der Waals surface area contributed by atoms with Crippen molar-refractivity contribution in [1.29, 1.82) is 0 Å². The van der Waals surface area contributed by atoms with Gasteiger partial charge in [-0.25, -0.2) is 0 Å². The number of ether oxygens (including phenoxy) is 1. The average molecular weight is 479 g/mol. The summed E-state index contributed by atoms with van der Waals surface area (Å²) in [5.74, 6) is 0.385. The molecule has 0 bridgehead atoms.